The van der Waals surface area contributed by atoms with Gasteiger partial charge in [0.15, 0.2) is 5.71 Å². The lowest BCUT2D eigenvalue weighted by atomic mass is 10.00. The van der Waals surface area contributed by atoms with Crippen molar-refractivity contribution in [1.82, 2.24) is 0 Å². The van der Waals surface area contributed by atoms with E-state index in [1.807, 2.05) is 6.07 Å². The van der Waals surface area contributed by atoms with Gasteiger partial charge >= 0.3 is 5.97 Å². The summed E-state index contributed by atoms with van der Waals surface area (Å²) < 4.78 is 4.77. The van der Waals surface area contributed by atoms with Gasteiger partial charge in [0.1, 0.15) is 0 Å². The van der Waals surface area contributed by atoms with Crippen molar-refractivity contribution in [1.29, 1.82) is 0 Å². The molecule has 23 heavy (non-hydrogen) atoms. The fourth-order valence-corrected chi connectivity index (χ4v) is 2.38. The van der Waals surface area contributed by atoms with Gasteiger partial charge in [0.2, 0.25) is 0 Å². The van der Waals surface area contributed by atoms with E-state index in [1.165, 1.54) is 0 Å². The molecule has 2 aromatic rings. The fourth-order valence-electron chi connectivity index (χ4n) is 2.38. The van der Waals surface area contributed by atoms with Gasteiger partial charge in [-0.2, -0.15) is 0 Å². The van der Waals surface area contributed by atoms with Gasteiger partial charge in [0.05, 0.1) is 16.9 Å². The Bertz CT molecular complexity index is 770. The molecule has 0 amide bonds. The van der Waals surface area contributed by atoms with Gasteiger partial charge in [0, 0.05) is 12.0 Å². The molecule has 7 heteroatoms. The molecule has 0 aromatic heterocycles. The third-order valence-corrected chi connectivity index (χ3v) is 3.43. The van der Waals surface area contributed by atoms with Gasteiger partial charge < -0.3 is 9.94 Å². The van der Waals surface area contributed by atoms with Crippen molar-refractivity contribution in [2.45, 2.75) is 19.8 Å². The number of nitro benzene ring substituents is 1. The molecule has 0 bridgehead atoms. The van der Waals surface area contributed by atoms with E-state index in [0.29, 0.717) is 10.9 Å². The van der Waals surface area contributed by atoms with E-state index in [1.54, 1.807) is 37.3 Å². The maximum atomic E-state index is 11.6. The van der Waals surface area contributed by atoms with Crippen LogP contribution in [0.3, 0.4) is 0 Å². The van der Waals surface area contributed by atoms with Crippen LogP contribution in [0.15, 0.2) is 41.6 Å². The highest BCUT2D eigenvalue weighted by molar-refractivity contribution is 6.36. The van der Waals surface area contributed by atoms with Crippen LogP contribution in [0.2, 0.25) is 0 Å². The number of carbonyl (C=O) groups excluding carboxylic acids is 1. The topological polar surface area (TPSA) is 102 Å². The molecule has 0 aliphatic carbocycles. The number of rotatable bonds is 6. The molecule has 120 valence electrons. The van der Waals surface area contributed by atoms with Gasteiger partial charge in [-0.05, 0) is 24.8 Å². The molecule has 2 rings (SSSR count). The Morgan fingerprint density at radius 1 is 1.30 bits per heavy atom. The van der Waals surface area contributed by atoms with Crippen molar-refractivity contribution in [2.24, 2.45) is 5.16 Å². The predicted octanol–water partition coefficient (Wildman–Crippen LogP) is 3.07. The van der Waals surface area contributed by atoms with Crippen molar-refractivity contribution in [3.05, 3.63) is 52.1 Å². The van der Waals surface area contributed by atoms with Crippen molar-refractivity contribution < 1.29 is 19.7 Å². The largest absolute Gasteiger partial charge is 0.461 e. The first-order valence-corrected chi connectivity index (χ1v) is 7.11. The SMILES string of the molecule is CCOC(=O)/C(CCc1ccc2ccccc2c1[N+](=O)[O-])=N/O. The van der Waals surface area contributed by atoms with Crippen LogP contribution in [-0.2, 0) is 16.0 Å². The normalized spacial score (nSPS) is 11.4. The zero-order valence-corrected chi connectivity index (χ0v) is 12.6. The number of fused-ring (bicyclic) bond motifs is 1. The summed E-state index contributed by atoms with van der Waals surface area (Å²) in [4.78, 5) is 22.6. The third-order valence-electron chi connectivity index (χ3n) is 3.43. The van der Waals surface area contributed by atoms with Crippen LogP contribution in [0.5, 0.6) is 0 Å². The molecule has 0 fully saturated rings. The second kappa shape index (κ2) is 7.35. The molecule has 0 atom stereocenters. The van der Waals surface area contributed by atoms with Gasteiger partial charge in [-0.3, -0.25) is 10.1 Å². The Morgan fingerprint density at radius 3 is 2.70 bits per heavy atom. The lowest BCUT2D eigenvalue weighted by Crippen LogP contribution is -2.18. The summed E-state index contributed by atoms with van der Waals surface area (Å²) in [6.07, 6.45) is 0.244. The van der Waals surface area contributed by atoms with E-state index in [-0.39, 0.29) is 30.8 Å². The first-order valence-electron chi connectivity index (χ1n) is 7.11. The summed E-state index contributed by atoms with van der Waals surface area (Å²) in [6, 6.07) is 10.5. The minimum Gasteiger partial charge on any atom is -0.461 e. The predicted molar refractivity (Wildman–Crippen MR) is 84.8 cm³/mol. The van der Waals surface area contributed by atoms with E-state index in [4.69, 9.17) is 9.94 Å². The van der Waals surface area contributed by atoms with E-state index in [9.17, 15) is 14.9 Å². The highest BCUT2D eigenvalue weighted by atomic mass is 16.6. The van der Waals surface area contributed by atoms with E-state index < -0.39 is 10.9 Å². The number of aryl methyl sites for hydroxylation is 1. The number of oxime groups is 1. The van der Waals surface area contributed by atoms with Gasteiger partial charge in [-0.25, -0.2) is 4.79 Å². The Kier molecular flexibility index (Phi) is 5.24. The van der Waals surface area contributed by atoms with Gasteiger partial charge in [0.25, 0.3) is 5.69 Å². The molecule has 2 aromatic carbocycles. The lowest BCUT2D eigenvalue weighted by molar-refractivity contribution is -0.383. The van der Waals surface area contributed by atoms with Crippen molar-refractivity contribution in [3.63, 3.8) is 0 Å². The molecule has 7 nitrogen and oxygen atoms in total. The first-order chi connectivity index (χ1) is 11.1. The maximum absolute atomic E-state index is 11.6. The summed E-state index contributed by atoms with van der Waals surface area (Å²) in [6.45, 7) is 1.80. The summed E-state index contributed by atoms with van der Waals surface area (Å²) in [5.41, 5.74) is 0.317. The summed E-state index contributed by atoms with van der Waals surface area (Å²) in [7, 11) is 0. The number of nitro groups is 1. The molecule has 0 saturated carbocycles. The number of hydrogen-bond acceptors (Lipinski definition) is 6. The molecule has 1 N–H and O–H groups in total. The van der Waals surface area contributed by atoms with Crippen LogP contribution < -0.4 is 0 Å². The minimum atomic E-state index is -0.724. The zero-order valence-electron chi connectivity index (χ0n) is 12.6. The highest BCUT2D eigenvalue weighted by Gasteiger charge is 2.20. The van der Waals surface area contributed by atoms with Crippen molar-refractivity contribution in [2.75, 3.05) is 6.61 Å². The highest BCUT2D eigenvalue weighted by Crippen LogP contribution is 2.30. The van der Waals surface area contributed by atoms with E-state index >= 15 is 0 Å². The molecule has 0 spiro atoms. The Balaban J connectivity index is 2.31. The second-order valence-electron chi connectivity index (χ2n) is 4.82. The van der Waals surface area contributed by atoms with Crippen LogP contribution in [0.4, 0.5) is 5.69 Å². The van der Waals surface area contributed by atoms with E-state index in [0.717, 1.165) is 5.39 Å². The standard InChI is InChI=1S/C16H16N2O5/c1-2-23-16(19)14(17-20)10-9-12-8-7-11-5-3-4-6-13(11)15(12)18(21)22/h3-8,20H,2,9-10H2,1H3/b17-14+. The first kappa shape index (κ1) is 16.4. The summed E-state index contributed by atoms with van der Waals surface area (Å²) in [5.74, 6) is -0.724. The van der Waals surface area contributed by atoms with E-state index in [2.05, 4.69) is 5.16 Å². The quantitative estimate of drug-likeness (QED) is 0.290. The number of carbonyl (C=O) groups is 1. The molecule has 0 aliphatic heterocycles. The maximum Gasteiger partial charge on any atom is 0.356 e. The Hall–Kier alpha value is -2.96. The second-order valence-corrected chi connectivity index (χ2v) is 4.82. The van der Waals surface area contributed by atoms with Gasteiger partial charge in [-0.1, -0.05) is 35.5 Å². The molecule has 0 heterocycles. The zero-order chi connectivity index (χ0) is 16.8. The van der Waals surface area contributed by atoms with Crippen LogP contribution in [0.1, 0.15) is 18.9 Å². The van der Waals surface area contributed by atoms with Crippen LogP contribution in [0, 0.1) is 10.1 Å². The average molecular weight is 316 g/mol. The Labute approximate surface area is 132 Å². The number of ether oxygens (including phenoxy) is 1. The lowest BCUT2D eigenvalue weighted by Gasteiger charge is -2.07. The third kappa shape index (κ3) is 3.63. The van der Waals surface area contributed by atoms with Crippen LogP contribution >= 0.6 is 0 Å². The smallest absolute Gasteiger partial charge is 0.356 e. The number of nitrogens with zero attached hydrogens (tertiary/aromatic N) is 2. The fraction of sp³-hybridized carbons (Fsp3) is 0.250. The van der Waals surface area contributed by atoms with Crippen molar-refractivity contribution >= 4 is 28.1 Å². The molecule has 0 unspecified atom stereocenters. The number of hydrogen-bond donors (Lipinski definition) is 1. The van der Waals surface area contributed by atoms with Gasteiger partial charge in [-0.15, -0.1) is 0 Å². The summed E-state index contributed by atoms with van der Waals surface area (Å²) in [5, 5.41) is 24.6. The molecule has 0 radical (unpaired) electrons. The monoisotopic (exact) mass is 316 g/mol. The molecule has 0 saturated heterocycles. The minimum absolute atomic E-state index is 0.00393. The van der Waals surface area contributed by atoms with Crippen molar-refractivity contribution in [3.8, 4) is 0 Å². The number of benzene rings is 2. The average Bonchev–Trinajstić information content (AvgIpc) is 2.54. The Morgan fingerprint density at radius 2 is 2.04 bits per heavy atom. The van der Waals surface area contributed by atoms with Crippen LogP contribution in [-0.4, -0.2) is 28.4 Å². The number of esters is 1. The molecular weight excluding hydrogens is 300 g/mol. The molecule has 0 aliphatic rings. The summed E-state index contributed by atoms with van der Waals surface area (Å²) >= 11 is 0. The van der Waals surface area contributed by atoms with Crippen LogP contribution in [0.25, 0.3) is 10.8 Å². The molecular formula is C16H16N2O5.